The van der Waals surface area contributed by atoms with Crippen LogP contribution in [0.25, 0.3) is 0 Å². The number of aromatic amines is 1. The van der Waals surface area contributed by atoms with Crippen LogP contribution in [0.15, 0.2) is 42.9 Å². The van der Waals surface area contributed by atoms with E-state index in [0.29, 0.717) is 6.54 Å². The van der Waals surface area contributed by atoms with Crippen LogP contribution in [0.3, 0.4) is 0 Å². The van der Waals surface area contributed by atoms with Crippen LogP contribution < -0.4 is 5.32 Å². The van der Waals surface area contributed by atoms with E-state index in [4.69, 9.17) is 0 Å². The molecule has 2 N–H and O–H groups in total. The first-order valence-electron chi connectivity index (χ1n) is 6.42. The Morgan fingerprint density at radius 2 is 2.05 bits per heavy atom. The van der Waals surface area contributed by atoms with Crippen LogP contribution in [0, 0.1) is 0 Å². The Morgan fingerprint density at radius 1 is 1.32 bits per heavy atom. The van der Waals surface area contributed by atoms with Crippen molar-refractivity contribution in [2.24, 2.45) is 0 Å². The summed E-state index contributed by atoms with van der Waals surface area (Å²) >= 11 is 0. The summed E-state index contributed by atoms with van der Waals surface area (Å²) in [5.74, 6) is 0.0400. The van der Waals surface area contributed by atoms with Gasteiger partial charge in [-0.15, -0.1) is 0 Å². The molecule has 100 valence electrons. The number of aromatic nitrogens is 2. The number of amides is 1. The summed E-state index contributed by atoms with van der Waals surface area (Å²) in [6.07, 6.45) is 4.18. The van der Waals surface area contributed by atoms with Gasteiger partial charge in [-0.3, -0.25) is 4.79 Å². The van der Waals surface area contributed by atoms with Gasteiger partial charge in [0.05, 0.1) is 11.7 Å². The molecule has 4 heteroatoms. The number of nitrogens with one attached hydrogen (secondary N) is 2. The van der Waals surface area contributed by atoms with Gasteiger partial charge < -0.3 is 10.3 Å². The SMILES string of the molecule is CC(C)(C(=O)NCCc1cnc[nH]1)c1ccccc1. The molecule has 0 bridgehead atoms. The van der Waals surface area contributed by atoms with Gasteiger partial charge in [-0.25, -0.2) is 4.98 Å². The maximum atomic E-state index is 12.3. The molecule has 1 amide bonds. The Balaban J connectivity index is 1.92. The highest BCUT2D eigenvalue weighted by Crippen LogP contribution is 2.22. The number of rotatable bonds is 5. The molecule has 2 aromatic rings. The lowest BCUT2D eigenvalue weighted by atomic mass is 9.84. The lowest BCUT2D eigenvalue weighted by molar-refractivity contribution is -0.125. The van der Waals surface area contributed by atoms with Crippen LogP contribution in [-0.2, 0) is 16.6 Å². The van der Waals surface area contributed by atoms with Crippen LogP contribution in [0.1, 0.15) is 25.1 Å². The number of nitrogens with zero attached hydrogens (tertiary/aromatic N) is 1. The largest absolute Gasteiger partial charge is 0.355 e. The fraction of sp³-hybridized carbons (Fsp3) is 0.333. The molecular formula is C15H19N3O. The quantitative estimate of drug-likeness (QED) is 0.861. The van der Waals surface area contributed by atoms with Crippen LogP contribution in [-0.4, -0.2) is 22.4 Å². The molecule has 0 unspecified atom stereocenters. The van der Waals surface area contributed by atoms with Gasteiger partial charge >= 0.3 is 0 Å². The van der Waals surface area contributed by atoms with Crippen molar-refractivity contribution in [3.8, 4) is 0 Å². The van der Waals surface area contributed by atoms with E-state index in [-0.39, 0.29) is 5.91 Å². The third-order valence-corrected chi connectivity index (χ3v) is 3.30. The monoisotopic (exact) mass is 257 g/mol. The standard InChI is InChI=1S/C15H19N3O/c1-15(2,12-6-4-3-5-7-12)14(19)17-9-8-13-10-16-11-18-13/h3-7,10-11H,8-9H2,1-2H3,(H,16,18)(H,17,19). The van der Waals surface area contributed by atoms with Gasteiger partial charge in [0.1, 0.15) is 0 Å². The number of hydrogen-bond acceptors (Lipinski definition) is 2. The Labute approximate surface area is 113 Å². The topological polar surface area (TPSA) is 57.8 Å². The Hall–Kier alpha value is -2.10. The number of hydrogen-bond donors (Lipinski definition) is 2. The van der Waals surface area contributed by atoms with Crippen LogP contribution in [0.4, 0.5) is 0 Å². The zero-order valence-corrected chi connectivity index (χ0v) is 11.3. The minimum atomic E-state index is -0.519. The van der Waals surface area contributed by atoms with E-state index in [9.17, 15) is 4.79 Å². The molecular weight excluding hydrogens is 238 g/mol. The lowest BCUT2D eigenvalue weighted by Gasteiger charge is -2.24. The highest BCUT2D eigenvalue weighted by atomic mass is 16.2. The molecule has 2 rings (SSSR count). The number of benzene rings is 1. The van der Waals surface area contributed by atoms with Crippen molar-refractivity contribution in [3.63, 3.8) is 0 Å². The molecule has 1 aromatic heterocycles. The second-order valence-corrected chi connectivity index (χ2v) is 5.07. The second kappa shape index (κ2) is 5.69. The summed E-state index contributed by atoms with van der Waals surface area (Å²) in [6.45, 7) is 4.49. The predicted octanol–water partition coefficient (Wildman–Crippen LogP) is 2.05. The van der Waals surface area contributed by atoms with Gasteiger partial charge in [0, 0.05) is 24.9 Å². The van der Waals surface area contributed by atoms with Crippen molar-refractivity contribution in [2.75, 3.05) is 6.54 Å². The van der Waals surface area contributed by atoms with Gasteiger partial charge in [0.25, 0.3) is 0 Å². The van der Waals surface area contributed by atoms with E-state index in [0.717, 1.165) is 17.7 Å². The average molecular weight is 257 g/mol. The second-order valence-electron chi connectivity index (χ2n) is 5.07. The van der Waals surface area contributed by atoms with E-state index in [1.165, 1.54) is 0 Å². The highest BCUT2D eigenvalue weighted by Gasteiger charge is 2.28. The first-order chi connectivity index (χ1) is 9.10. The maximum absolute atomic E-state index is 12.3. The first-order valence-corrected chi connectivity index (χ1v) is 6.42. The van der Waals surface area contributed by atoms with E-state index in [2.05, 4.69) is 15.3 Å². The van der Waals surface area contributed by atoms with Gasteiger partial charge in [-0.1, -0.05) is 30.3 Å². The zero-order chi connectivity index (χ0) is 13.7. The lowest BCUT2D eigenvalue weighted by Crippen LogP contribution is -2.40. The molecule has 0 aliphatic rings. The molecule has 0 aliphatic heterocycles. The van der Waals surface area contributed by atoms with Crippen LogP contribution >= 0.6 is 0 Å². The molecule has 0 saturated heterocycles. The molecule has 1 heterocycles. The van der Waals surface area contributed by atoms with E-state index >= 15 is 0 Å². The van der Waals surface area contributed by atoms with Gasteiger partial charge in [0.2, 0.25) is 5.91 Å². The minimum Gasteiger partial charge on any atom is -0.355 e. The summed E-state index contributed by atoms with van der Waals surface area (Å²) in [4.78, 5) is 19.2. The molecule has 0 saturated carbocycles. The van der Waals surface area contributed by atoms with Gasteiger partial charge in [0.15, 0.2) is 0 Å². The molecule has 0 spiro atoms. The Kier molecular flexibility index (Phi) is 4.00. The van der Waals surface area contributed by atoms with Gasteiger partial charge in [-0.05, 0) is 19.4 Å². The summed E-state index contributed by atoms with van der Waals surface area (Å²) in [7, 11) is 0. The van der Waals surface area contributed by atoms with Crippen molar-refractivity contribution in [3.05, 3.63) is 54.1 Å². The van der Waals surface area contributed by atoms with Crippen molar-refractivity contribution in [1.82, 2.24) is 15.3 Å². The predicted molar refractivity (Wildman–Crippen MR) is 74.8 cm³/mol. The molecule has 0 fully saturated rings. The van der Waals surface area contributed by atoms with Crippen molar-refractivity contribution < 1.29 is 4.79 Å². The summed E-state index contributed by atoms with van der Waals surface area (Å²) in [5, 5.41) is 2.97. The molecule has 4 nitrogen and oxygen atoms in total. The molecule has 0 aliphatic carbocycles. The zero-order valence-electron chi connectivity index (χ0n) is 11.3. The summed E-state index contributed by atoms with van der Waals surface area (Å²) < 4.78 is 0. The number of imidazole rings is 1. The number of carbonyl (C=O) groups excluding carboxylic acids is 1. The van der Waals surface area contributed by atoms with E-state index in [1.54, 1.807) is 12.5 Å². The maximum Gasteiger partial charge on any atom is 0.230 e. The number of carbonyl (C=O) groups is 1. The van der Waals surface area contributed by atoms with Crippen molar-refractivity contribution in [1.29, 1.82) is 0 Å². The summed E-state index contributed by atoms with van der Waals surface area (Å²) in [6, 6.07) is 9.82. The first kappa shape index (κ1) is 13.3. The van der Waals surface area contributed by atoms with Crippen LogP contribution in [0.2, 0.25) is 0 Å². The fourth-order valence-corrected chi connectivity index (χ4v) is 1.94. The van der Waals surface area contributed by atoms with Crippen molar-refractivity contribution >= 4 is 5.91 Å². The van der Waals surface area contributed by atoms with E-state index in [1.807, 2.05) is 44.2 Å². The Morgan fingerprint density at radius 3 is 2.68 bits per heavy atom. The normalized spacial score (nSPS) is 11.3. The minimum absolute atomic E-state index is 0.0400. The van der Waals surface area contributed by atoms with Crippen LogP contribution in [0.5, 0.6) is 0 Å². The third kappa shape index (κ3) is 3.22. The summed E-state index contributed by atoms with van der Waals surface area (Å²) in [5.41, 5.74) is 1.53. The van der Waals surface area contributed by atoms with Gasteiger partial charge in [-0.2, -0.15) is 0 Å². The Bertz CT molecular complexity index is 518. The van der Waals surface area contributed by atoms with E-state index < -0.39 is 5.41 Å². The average Bonchev–Trinajstić information content (AvgIpc) is 2.93. The molecule has 0 radical (unpaired) electrons. The molecule has 1 aromatic carbocycles. The van der Waals surface area contributed by atoms with Crippen molar-refractivity contribution in [2.45, 2.75) is 25.7 Å². The highest BCUT2D eigenvalue weighted by molar-refractivity contribution is 5.87. The smallest absolute Gasteiger partial charge is 0.230 e. The molecule has 19 heavy (non-hydrogen) atoms. The fourth-order valence-electron chi connectivity index (χ4n) is 1.94. The third-order valence-electron chi connectivity index (χ3n) is 3.30. The number of H-pyrrole nitrogens is 1. The molecule has 0 atom stereocenters.